The van der Waals surface area contributed by atoms with Gasteiger partial charge in [-0.15, -0.1) is 0 Å². The SMILES string of the molecule is CC(=O)O[C@@H]1[C@@H](OC(C)=O)[C@H](n2nc(/C=C/c3ccc(Cl)cc3)c(=O)n(/N=C/c3ccccc3)c2=S)OC[C@@H]1OC(C)=O. The maximum absolute atomic E-state index is 13.5. The number of ether oxygens (including phenoxy) is 4. The topological polar surface area (TPSA) is 140 Å². The molecule has 0 unspecified atom stereocenters. The first-order chi connectivity index (χ1) is 20.5. The fourth-order valence-corrected chi connectivity index (χ4v) is 4.61. The number of halogens is 1. The van der Waals surface area contributed by atoms with E-state index in [1.165, 1.54) is 19.2 Å². The zero-order valence-corrected chi connectivity index (χ0v) is 24.9. The summed E-state index contributed by atoms with van der Waals surface area (Å²) in [4.78, 5) is 49.5. The van der Waals surface area contributed by atoms with Crippen molar-refractivity contribution in [3.63, 3.8) is 0 Å². The smallest absolute Gasteiger partial charge is 0.303 e. The van der Waals surface area contributed by atoms with Crippen LogP contribution in [0.1, 0.15) is 43.8 Å². The summed E-state index contributed by atoms with van der Waals surface area (Å²) in [6.45, 7) is 3.21. The van der Waals surface area contributed by atoms with Crippen molar-refractivity contribution in [2.45, 2.75) is 45.3 Å². The molecular weight excluding hydrogens is 600 g/mol. The highest BCUT2D eigenvalue weighted by Crippen LogP contribution is 2.30. The standard InChI is InChI=1S/C29H27ClN4O8S/c1-17(35)40-24-16-39-28(26(42-19(3)37)25(24)41-18(2)36)34-29(43)33(31-15-21-7-5-4-6-8-21)27(38)23(32-34)14-11-20-9-12-22(30)13-10-20/h4-15,24-26,28H,16H2,1-3H3/b14-11+,31-15+/t24-,25-,26+,28+/m0/s1. The number of hydrogen-bond acceptors (Lipinski definition) is 11. The van der Waals surface area contributed by atoms with Crippen molar-refractivity contribution in [3.05, 3.63) is 91.6 Å². The Morgan fingerprint density at radius 2 is 1.56 bits per heavy atom. The van der Waals surface area contributed by atoms with Gasteiger partial charge in [-0.25, -0.2) is 4.68 Å². The highest BCUT2D eigenvalue weighted by Gasteiger charge is 2.48. The van der Waals surface area contributed by atoms with Crippen molar-refractivity contribution >= 4 is 60.1 Å². The number of aromatic nitrogens is 3. The molecule has 0 bridgehead atoms. The van der Waals surface area contributed by atoms with Crippen LogP contribution in [0.25, 0.3) is 12.2 Å². The number of benzene rings is 2. The van der Waals surface area contributed by atoms with Gasteiger partial charge in [-0.1, -0.05) is 60.1 Å². The molecule has 0 N–H and O–H groups in total. The second-order valence-corrected chi connectivity index (χ2v) is 10.1. The first kappa shape index (κ1) is 31.5. The normalized spacial score (nSPS) is 20.2. The molecule has 0 amide bonds. The van der Waals surface area contributed by atoms with Gasteiger partial charge in [-0.2, -0.15) is 14.9 Å². The summed E-state index contributed by atoms with van der Waals surface area (Å²) in [6, 6.07) is 15.9. The Morgan fingerprint density at radius 3 is 2.19 bits per heavy atom. The minimum Gasteiger partial charge on any atom is -0.456 e. The van der Waals surface area contributed by atoms with E-state index in [2.05, 4.69) is 10.2 Å². The summed E-state index contributed by atoms with van der Waals surface area (Å²) in [5.41, 5.74) is 0.680. The van der Waals surface area contributed by atoms with Crippen LogP contribution in [0.2, 0.25) is 5.02 Å². The minimum absolute atomic E-state index is 0.0925. The van der Waals surface area contributed by atoms with Crippen LogP contribution in [0.4, 0.5) is 0 Å². The Hall–Kier alpha value is -4.46. The third-order valence-corrected chi connectivity index (χ3v) is 6.61. The first-order valence-electron chi connectivity index (χ1n) is 13.0. The van der Waals surface area contributed by atoms with Crippen LogP contribution in [0.5, 0.6) is 0 Å². The van der Waals surface area contributed by atoms with E-state index < -0.39 is 48.0 Å². The lowest BCUT2D eigenvalue weighted by Crippen LogP contribution is -2.56. The lowest BCUT2D eigenvalue weighted by Gasteiger charge is -2.40. The molecule has 0 spiro atoms. The van der Waals surface area contributed by atoms with E-state index in [9.17, 15) is 19.2 Å². The molecule has 43 heavy (non-hydrogen) atoms. The van der Waals surface area contributed by atoms with Gasteiger partial charge in [-0.05, 0) is 41.6 Å². The van der Waals surface area contributed by atoms with Crippen molar-refractivity contribution in [3.8, 4) is 0 Å². The summed E-state index contributed by atoms with van der Waals surface area (Å²) in [6.07, 6.45) is -0.540. The molecule has 0 aliphatic carbocycles. The second-order valence-electron chi connectivity index (χ2n) is 9.29. The van der Waals surface area contributed by atoms with E-state index in [1.54, 1.807) is 54.6 Å². The van der Waals surface area contributed by atoms with Gasteiger partial charge in [0.15, 0.2) is 30.2 Å². The molecule has 1 aliphatic rings. The minimum atomic E-state index is -1.38. The van der Waals surface area contributed by atoms with Crippen LogP contribution in [0, 0.1) is 4.77 Å². The van der Waals surface area contributed by atoms with E-state index in [-0.39, 0.29) is 17.1 Å². The second kappa shape index (κ2) is 14.1. The molecule has 3 aromatic rings. The Kier molecular flexibility index (Phi) is 10.3. The molecule has 4 rings (SSSR count). The largest absolute Gasteiger partial charge is 0.456 e. The van der Waals surface area contributed by atoms with Gasteiger partial charge in [0.2, 0.25) is 4.77 Å². The monoisotopic (exact) mass is 626 g/mol. The Balaban J connectivity index is 1.87. The van der Waals surface area contributed by atoms with Crippen molar-refractivity contribution in [2.24, 2.45) is 5.10 Å². The number of rotatable bonds is 8. The van der Waals surface area contributed by atoms with E-state index in [0.29, 0.717) is 10.6 Å². The van der Waals surface area contributed by atoms with E-state index in [1.807, 2.05) is 6.07 Å². The fourth-order valence-electron chi connectivity index (χ4n) is 4.21. The van der Waals surface area contributed by atoms with Gasteiger partial charge >= 0.3 is 23.5 Å². The number of esters is 3. The van der Waals surface area contributed by atoms with Gasteiger partial charge in [0.1, 0.15) is 0 Å². The van der Waals surface area contributed by atoms with Crippen molar-refractivity contribution in [1.82, 2.24) is 14.5 Å². The van der Waals surface area contributed by atoms with Crippen LogP contribution in [0.3, 0.4) is 0 Å². The van der Waals surface area contributed by atoms with E-state index >= 15 is 0 Å². The lowest BCUT2D eigenvalue weighted by molar-refractivity contribution is -0.242. The number of nitrogens with zero attached hydrogens (tertiary/aromatic N) is 4. The summed E-state index contributed by atoms with van der Waals surface area (Å²) < 4.78 is 24.1. The molecule has 2 heterocycles. The van der Waals surface area contributed by atoms with Crippen molar-refractivity contribution in [2.75, 3.05) is 6.61 Å². The third kappa shape index (κ3) is 8.09. The van der Waals surface area contributed by atoms with Crippen LogP contribution in [-0.4, -0.2) is 63.5 Å². The highest BCUT2D eigenvalue weighted by molar-refractivity contribution is 7.71. The van der Waals surface area contributed by atoms with Gasteiger partial charge in [0, 0.05) is 25.8 Å². The molecule has 4 atom stereocenters. The number of carbonyl (C=O) groups is 3. The van der Waals surface area contributed by atoms with Gasteiger partial charge < -0.3 is 18.9 Å². The predicted octanol–water partition coefficient (Wildman–Crippen LogP) is 3.80. The van der Waals surface area contributed by atoms with E-state index in [4.69, 9.17) is 42.8 Å². The maximum atomic E-state index is 13.5. The quantitative estimate of drug-likeness (QED) is 0.157. The lowest BCUT2D eigenvalue weighted by atomic mass is 10.0. The zero-order valence-electron chi connectivity index (χ0n) is 23.3. The van der Waals surface area contributed by atoms with Gasteiger partial charge in [-0.3, -0.25) is 19.2 Å². The Morgan fingerprint density at radius 1 is 0.930 bits per heavy atom. The van der Waals surface area contributed by atoms with Crippen LogP contribution in [0.15, 0.2) is 64.5 Å². The molecule has 1 saturated heterocycles. The maximum Gasteiger partial charge on any atom is 0.303 e. The average molecular weight is 627 g/mol. The molecule has 224 valence electrons. The number of carbonyl (C=O) groups excluding carboxylic acids is 3. The summed E-state index contributed by atoms with van der Waals surface area (Å²) in [5.74, 6) is -2.14. The summed E-state index contributed by atoms with van der Waals surface area (Å²) >= 11 is 11.6. The van der Waals surface area contributed by atoms with E-state index in [0.717, 1.165) is 28.8 Å². The molecule has 1 fully saturated rings. The zero-order chi connectivity index (χ0) is 31.1. The molecule has 0 radical (unpaired) electrons. The Bertz CT molecular complexity index is 1670. The fraction of sp³-hybridized carbons (Fsp3) is 0.276. The summed E-state index contributed by atoms with van der Waals surface area (Å²) in [7, 11) is 0. The molecule has 1 aromatic heterocycles. The van der Waals surface area contributed by atoms with Gasteiger partial charge in [0.05, 0.1) is 12.8 Å². The Labute approximate surface area is 256 Å². The molecule has 14 heteroatoms. The number of hydrogen-bond donors (Lipinski definition) is 0. The van der Waals surface area contributed by atoms with Crippen LogP contribution < -0.4 is 5.56 Å². The van der Waals surface area contributed by atoms with Gasteiger partial charge in [0.25, 0.3) is 0 Å². The average Bonchev–Trinajstić information content (AvgIpc) is 2.95. The van der Waals surface area contributed by atoms with Crippen molar-refractivity contribution < 1.29 is 33.3 Å². The third-order valence-electron chi connectivity index (χ3n) is 5.99. The highest BCUT2D eigenvalue weighted by atomic mass is 35.5. The molecular formula is C29H27ClN4O8S. The molecule has 12 nitrogen and oxygen atoms in total. The molecule has 0 saturated carbocycles. The molecule has 2 aromatic carbocycles. The van der Waals surface area contributed by atoms with Crippen LogP contribution in [-0.2, 0) is 33.3 Å². The predicted molar refractivity (Wildman–Crippen MR) is 159 cm³/mol. The summed E-state index contributed by atoms with van der Waals surface area (Å²) in [5, 5.41) is 9.28. The van der Waals surface area contributed by atoms with Crippen LogP contribution >= 0.6 is 23.8 Å². The van der Waals surface area contributed by atoms with Crippen molar-refractivity contribution in [1.29, 1.82) is 0 Å². The molecule has 1 aliphatic heterocycles. The first-order valence-corrected chi connectivity index (χ1v) is 13.7.